The molecule has 0 saturated heterocycles. The molecule has 1 unspecified atom stereocenters. The molecule has 0 aliphatic heterocycles. The lowest BCUT2D eigenvalue weighted by atomic mass is 10.00. The van der Waals surface area contributed by atoms with Crippen molar-refractivity contribution in [2.75, 3.05) is 12.8 Å². The Morgan fingerprint density at radius 1 is 1.17 bits per heavy atom. The van der Waals surface area contributed by atoms with E-state index in [2.05, 4.69) is 0 Å². The Morgan fingerprint density at radius 3 is 2.56 bits per heavy atom. The minimum atomic E-state index is -0.623. The summed E-state index contributed by atoms with van der Waals surface area (Å²) in [5.41, 5.74) is 8.25. The molecule has 0 bridgehead atoms. The summed E-state index contributed by atoms with van der Waals surface area (Å²) in [6, 6.07) is 15.2. The van der Waals surface area contributed by atoms with Gasteiger partial charge >= 0.3 is 0 Å². The monoisotopic (exact) mass is 243 g/mol. The van der Waals surface area contributed by atoms with E-state index >= 15 is 0 Å². The van der Waals surface area contributed by atoms with Crippen LogP contribution in [-0.2, 0) is 6.42 Å². The molecular formula is C15H17NO2. The number of hydrogen-bond donors (Lipinski definition) is 2. The van der Waals surface area contributed by atoms with E-state index in [1.165, 1.54) is 0 Å². The van der Waals surface area contributed by atoms with Crippen LogP contribution < -0.4 is 10.5 Å². The average Bonchev–Trinajstić information content (AvgIpc) is 2.40. The topological polar surface area (TPSA) is 55.5 Å². The van der Waals surface area contributed by atoms with Crippen LogP contribution >= 0.6 is 0 Å². The van der Waals surface area contributed by atoms with Gasteiger partial charge in [-0.3, -0.25) is 0 Å². The van der Waals surface area contributed by atoms with Gasteiger partial charge in [0.1, 0.15) is 5.75 Å². The highest BCUT2D eigenvalue weighted by atomic mass is 16.5. The van der Waals surface area contributed by atoms with Gasteiger partial charge in [-0.05, 0) is 23.8 Å². The Balaban J connectivity index is 2.20. The summed E-state index contributed by atoms with van der Waals surface area (Å²) in [6.07, 6.45) is -0.0828. The quantitative estimate of drug-likeness (QED) is 0.811. The van der Waals surface area contributed by atoms with E-state index < -0.39 is 6.10 Å². The Morgan fingerprint density at radius 2 is 1.89 bits per heavy atom. The van der Waals surface area contributed by atoms with E-state index in [1.54, 1.807) is 25.3 Å². The van der Waals surface area contributed by atoms with E-state index in [4.69, 9.17) is 10.5 Å². The fourth-order valence-electron chi connectivity index (χ4n) is 1.92. The van der Waals surface area contributed by atoms with Crippen molar-refractivity contribution in [2.24, 2.45) is 0 Å². The highest BCUT2D eigenvalue weighted by Crippen LogP contribution is 2.27. The summed E-state index contributed by atoms with van der Waals surface area (Å²) in [6.45, 7) is 0. The van der Waals surface area contributed by atoms with E-state index in [9.17, 15) is 5.11 Å². The molecule has 3 N–H and O–H groups in total. The Bertz CT molecular complexity index is 511. The number of hydrogen-bond acceptors (Lipinski definition) is 3. The summed E-state index contributed by atoms with van der Waals surface area (Å²) >= 11 is 0. The standard InChI is InChI=1S/C15H17NO2/c1-18-12-7-8-14(16)13(10-12)15(17)9-11-5-3-2-4-6-11/h2-8,10,15,17H,9,16H2,1H3. The van der Waals surface area contributed by atoms with Crippen molar-refractivity contribution in [1.29, 1.82) is 0 Å². The van der Waals surface area contributed by atoms with Crippen molar-refractivity contribution in [1.82, 2.24) is 0 Å². The number of rotatable bonds is 4. The number of nitrogen functional groups attached to an aromatic ring is 1. The molecule has 0 saturated carbocycles. The van der Waals surface area contributed by atoms with Crippen LogP contribution in [0.3, 0.4) is 0 Å². The molecule has 0 aliphatic carbocycles. The zero-order valence-electron chi connectivity index (χ0n) is 10.3. The van der Waals surface area contributed by atoms with E-state index in [0.29, 0.717) is 23.4 Å². The van der Waals surface area contributed by atoms with Crippen molar-refractivity contribution < 1.29 is 9.84 Å². The molecule has 2 aromatic rings. The van der Waals surface area contributed by atoms with Gasteiger partial charge in [-0.25, -0.2) is 0 Å². The summed E-state index contributed by atoms with van der Waals surface area (Å²) in [4.78, 5) is 0. The zero-order valence-corrected chi connectivity index (χ0v) is 10.3. The minimum absolute atomic E-state index is 0.540. The Hall–Kier alpha value is -2.00. The maximum Gasteiger partial charge on any atom is 0.119 e. The molecule has 0 spiro atoms. The molecule has 0 amide bonds. The van der Waals surface area contributed by atoms with E-state index in [-0.39, 0.29) is 0 Å². The summed E-state index contributed by atoms with van der Waals surface area (Å²) < 4.78 is 5.14. The lowest BCUT2D eigenvalue weighted by Crippen LogP contribution is -2.05. The molecule has 2 rings (SSSR count). The smallest absolute Gasteiger partial charge is 0.119 e. The number of nitrogens with two attached hydrogens (primary N) is 1. The molecule has 18 heavy (non-hydrogen) atoms. The van der Waals surface area contributed by atoms with Crippen molar-refractivity contribution in [3.63, 3.8) is 0 Å². The number of anilines is 1. The normalized spacial score (nSPS) is 12.1. The average molecular weight is 243 g/mol. The first-order chi connectivity index (χ1) is 8.70. The number of aliphatic hydroxyl groups is 1. The molecule has 2 aromatic carbocycles. The maximum atomic E-state index is 10.2. The van der Waals surface area contributed by atoms with Crippen molar-refractivity contribution >= 4 is 5.69 Å². The lowest BCUT2D eigenvalue weighted by Gasteiger charge is -2.14. The molecule has 0 radical (unpaired) electrons. The zero-order chi connectivity index (χ0) is 13.0. The van der Waals surface area contributed by atoms with Crippen LogP contribution in [-0.4, -0.2) is 12.2 Å². The van der Waals surface area contributed by atoms with E-state index in [1.807, 2.05) is 30.3 Å². The van der Waals surface area contributed by atoms with Gasteiger partial charge in [0, 0.05) is 17.7 Å². The van der Waals surface area contributed by atoms with Gasteiger partial charge in [0.2, 0.25) is 0 Å². The van der Waals surface area contributed by atoms with Gasteiger partial charge in [0.25, 0.3) is 0 Å². The largest absolute Gasteiger partial charge is 0.497 e. The summed E-state index contributed by atoms with van der Waals surface area (Å²) in [5, 5.41) is 10.2. The van der Waals surface area contributed by atoms with Crippen LogP contribution in [0.15, 0.2) is 48.5 Å². The number of benzene rings is 2. The van der Waals surface area contributed by atoms with Gasteiger partial charge in [-0.15, -0.1) is 0 Å². The van der Waals surface area contributed by atoms with Crippen LogP contribution in [0, 0.1) is 0 Å². The SMILES string of the molecule is COc1ccc(N)c(C(O)Cc2ccccc2)c1. The molecule has 0 fully saturated rings. The van der Waals surface area contributed by atoms with Crippen LogP contribution in [0.5, 0.6) is 5.75 Å². The van der Waals surface area contributed by atoms with Crippen LogP contribution in [0.2, 0.25) is 0 Å². The van der Waals surface area contributed by atoms with Gasteiger partial charge < -0.3 is 15.6 Å². The predicted molar refractivity (Wildman–Crippen MR) is 72.5 cm³/mol. The molecule has 94 valence electrons. The third-order valence-corrected chi connectivity index (χ3v) is 2.92. The second-order valence-electron chi connectivity index (χ2n) is 4.20. The molecule has 3 heteroatoms. The van der Waals surface area contributed by atoms with Gasteiger partial charge in [-0.2, -0.15) is 0 Å². The second kappa shape index (κ2) is 5.56. The maximum absolute atomic E-state index is 10.2. The third-order valence-electron chi connectivity index (χ3n) is 2.92. The molecular weight excluding hydrogens is 226 g/mol. The number of methoxy groups -OCH3 is 1. The Kier molecular flexibility index (Phi) is 3.85. The second-order valence-corrected chi connectivity index (χ2v) is 4.20. The van der Waals surface area contributed by atoms with Crippen molar-refractivity contribution in [2.45, 2.75) is 12.5 Å². The van der Waals surface area contributed by atoms with Gasteiger partial charge in [0.15, 0.2) is 0 Å². The first kappa shape index (κ1) is 12.5. The van der Waals surface area contributed by atoms with Crippen molar-refractivity contribution in [3.05, 3.63) is 59.7 Å². The van der Waals surface area contributed by atoms with Crippen LogP contribution in [0.4, 0.5) is 5.69 Å². The predicted octanol–water partition coefficient (Wildman–Crippen LogP) is 2.55. The fourth-order valence-corrected chi connectivity index (χ4v) is 1.92. The third kappa shape index (κ3) is 2.81. The lowest BCUT2D eigenvalue weighted by molar-refractivity contribution is 0.179. The molecule has 3 nitrogen and oxygen atoms in total. The first-order valence-electron chi connectivity index (χ1n) is 5.86. The van der Waals surface area contributed by atoms with Crippen LogP contribution in [0.25, 0.3) is 0 Å². The van der Waals surface area contributed by atoms with E-state index in [0.717, 1.165) is 5.56 Å². The van der Waals surface area contributed by atoms with Gasteiger partial charge in [-0.1, -0.05) is 30.3 Å². The molecule has 0 heterocycles. The van der Waals surface area contributed by atoms with Crippen LogP contribution in [0.1, 0.15) is 17.2 Å². The molecule has 0 aliphatic rings. The van der Waals surface area contributed by atoms with Crippen molar-refractivity contribution in [3.8, 4) is 5.75 Å². The Labute approximate surface area is 107 Å². The fraction of sp³-hybridized carbons (Fsp3) is 0.200. The summed E-state index contributed by atoms with van der Waals surface area (Å²) in [5.74, 6) is 0.700. The minimum Gasteiger partial charge on any atom is -0.497 e. The molecule has 0 aromatic heterocycles. The first-order valence-corrected chi connectivity index (χ1v) is 5.86. The number of ether oxygens (including phenoxy) is 1. The highest BCUT2D eigenvalue weighted by molar-refractivity contribution is 5.51. The number of aliphatic hydroxyl groups excluding tert-OH is 1. The van der Waals surface area contributed by atoms with Gasteiger partial charge in [0.05, 0.1) is 13.2 Å². The highest BCUT2D eigenvalue weighted by Gasteiger charge is 2.12. The summed E-state index contributed by atoms with van der Waals surface area (Å²) in [7, 11) is 1.60. The molecule has 1 atom stereocenters.